The Morgan fingerprint density at radius 2 is 1.88 bits per heavy atom. The molecule has 0 radical (unpaired) electrons. The Morgan fingerprint density at radius 1 is 1.12 bits per heavy atom. The molecule has 3 N–H and O–H groups in total. The first-order valence-corrected chi connectivity index (χ1v) is 5.39. The lowest BCUT2D eigenvalue weighted by Crippen LogP contribution is -2.18. The van der Waals surface area contributed by atoms with E-state index in [1.165, 1.54) is 0 Å². The maximum Gasteiger partial charge on any atom is 0.251 e. The summed E-state index contributed by atoms with van der Waals surface area (Å²) in [5, 5.41) is 2.64. The standard InChI is InChI=1S/C14H14N2O/c1-16-14(17)13-8-3-2-7-12(13)10-5-4-6-11(15)9-10/h2-9H,15H2,1H3,(H,16,17). The van der Waals surface area contributed by atoms with Gasteiger partial charge in [0.25, 0.3) is 5.91 Å². The van der Waals surface area contributed by atoms with Crippen LogP contribution in [0.25, 0.3) is 11.1 Å². The molecule has 1 amide bonds. The van der Waals surface area contributed by atoms with Crippen LogP contribution in [0.3, 0.4) is 0 Å². The van der Waals surface area contributed by atoms with Gasteiger partial charge in [0.2, 0.25) is 0 Å². The van der Waals surface area contributed by atoms with Gasteiger partial charge in [0.05, 0.1) is 0 Å². The second kappa shape index (κ2) is 4.70. The fraction of sp³-hybridized carbons (Fsp3) is 0.0714. The van der Waals surface area contributed by atoms with Gasteiger partial charge in [0, 0.05) is 18.3 Å². The number of hydrogen-bond donors (Lipinski definition) is 2. The first-order valence-electron chi connectivity index (χ1n) is 5.39. The first kappa shape index (κ1) is 11.2. The van der Waals surface area contributed by atoms with Gasteiger partial charge in [-0.25, -0.2) is 0 Å². The Hall–Kier alpha value is -2.29. The van der Waals surface area contributed by atoms with Gasteiger partial charge in [0.15, 0.2) is 0 Å². The van der Waals surface area contributed by atoms with E-state index in [2.05, 4.69) is 5.32 Å². The molecule has 17 heavy (non-hydrogen) atoms. The molecule has 2 aromatic rings. The molecule has 0 aliphatic carbocycles. The summed E-state index contributed by atoms with van der Waals surface area (Å²) in [5.41, 5.74) is 8.93. The molecule has 0 unspecified atom stereocenters. The van der Waals surface area contributed by atoms with E-state index in [0.29, 0.717) is 11.3 Å². The van der Waals surface area contributed by atoms with Crippen molar-refractivity contribution in [1.29, 1.82) is 0 Å². The summed E-state index contributed by atoms with van der Waals surface area (Å²) in [6.45, 7) is 0. The number of amides is 1. The molecule has 2 aromatic carbocycles. The second-order valence-electron chi connectivity index (χ2n) is 3.75. The van der Waals surface area contributed by atoms with Crippen LogP contribution in [0.2, 0.25) is 0 Å². The topological polar surface area (TPSA) is 55.1 Å². The SMILES string of the molecule is CNC(=O)c1ccccc1-c1cccc(N)c1. The summed E-state index contributed by atoms with van der Waals surface area (Å²) < 4.78 is 0. The van der Waals surface area contributed by atoms with Crippen LogP contribution in [0.4, 0.5) is 5.69 Å². The molecule has 0 fully saturated rings. The van der Waals surface area contributed by atoms with Gasteiger partial charge in [-0.05, 0) is 29.3 Å². The maximum absolute atomic E-state index is 11.8. The summed E-state index contributed by atoms with van der Waals surface area (Å²) in [7, 11) is 1.62. The van der Waals surface area contributed by atoms with Crippen molar-refractivity contribution in [2.75, 3.05) is 12.8 Å². The third-order valence-corrected chi connectivity index (χ3v) is 2.60. The number of anilines is 1. The molecule has 0 aliphatic heterocycles. The molecule has 0 bridgehead atoms. The number of carbonyl (C=O) groups is 1. The van der Waals surface area contributed by atoms with E-state index in [4.69, 9.17) is 5.73 Å². The van der Waals surface area contributed by atoms with Crippen molar-refractivity contribution in [2.45, 2.75) is 0 Å². The third-order valence-electron chi connectivity index (χ3n) is 2.60. The van der Waals surface area contributed by atoms with Crippen LogP contribution in [0.1, 0.15) is 10.4 Å². The highest BCUT2D eigenvalue weighted by molar-refractivity contribution is 6.00. The summed E-state index contributed by atoms with van der Waals surface area (Å²) in [4.78, 5) is 11.8. The zero-order chi connectivity index (χ0) is 12.3. The van der Waals surface area contributed by atoms with Gasteiger partial charge in [-0.3, -0.25) is 4.79 Å². The predicted octanol–water partition coefficient (Wildman–Crippen LogP) is 2.30. The van der Waals surface area contributed by atoms with E-state index in [-0.39, 0.29) is 5.91 Å². The van der Waals surface area contributed by atoms with Gasteiger partial charge < -0.3 is 11.1 Å². The van der Waals surface area contributed by atoms with Gasteiger partial charge >= 0.3 is 0 Å². The molecule has 0 spiro atoms. The van der Waals surface area contributed by atoms with Crippen molar-refractivity contribution in [3.63, 3.8) is 0 Å². The number of nitrogens with one attached hydrogen (secondary N) is 1. The molecule has 0 atom stereocenters. The molecule has 0 aromatic heterocycles. The van der Waals surface area contributed by atoms with E-state index in [1.807, 2.05) is 42.5 Å². The van der Waals surface area contributed by atoms with Crippen molar-refractivity contribution < 1.29 is 4.79 Å². The maximum atomic E-state index is 11.8. The second-order valence-corrected chi connectivity index (χ2v) is 3.75. The summed E-state index contributed by atoms with van der Waals surface area (Å²) in [6.07, 6.45) is 0. The predicted molar refractivity (Wildman–Crippen MR) is 69.7 cm³/mol. The van der Waals surface area contributed by atoms with Crippen molar-refractivity contribution in [1.82, 2.24) is 5.32 Å². The molecule has 3 heteroatoms. The zero-order valence-electron chi connectivity index (χ0n) is 9.60. The van der Waals surface area contributed by atoms with Gasteiger partial charge in [-0.1, -0.05) is 30.3 Å². The van der Waals surface area contributed by atoms with E-state index in [0.717, 1.165) is 11.1 Å². The fourth-order valence-electron chi connectivity index (χ4n) is 1.77. The molecular formula is C14H14N2O. The van der Waals surface area contributed by atoms with Crippen molar-refractivity contribution >= 4 is 11.6 Å². The quantitative estimate of drug-likeness (QED) is 0.772. The fourth-order valence-corrected chi connectivity index (χ4v) is 1.77. The number of carbonyl (C=O) groups excluding carboxylic acids is 1. The summed E-state index contributed by atoms with van der Waals surface area (Å²) in [6, 6.07) is 15.0. The third kappa shape index (κ3) is 2.28. The highest BCUT2D eigenvalue weighted by Gasteiger charge is 2.10. The lowest BCUT2D eigenvalue weighted by Gasteiger charge is -2.08. The summed E-state index contributed by atoms with van der Waals surface area (Å²) >= 11 is 0. The van der Waals surface area contributed by atoms with Crippen LogP contribution in [0.5, 0.6) is 0 Å². The highest BCUT2D eigenvalue weighted by atomic mass is 16.1. The lowest BCUT2D eigenvalue weighted by molar-refractivity contribution is 0.0963. The van der Waals surface area contributed by atoms with E-state index in [9.17, 15) is 4.79 Å². The van der Waals surface area contributed by atoms with E-state index < -0.39 is 0 Å². The van der Waals surface area contributed by atoms with Crippen LogP contribution >= 0.6 is 0 Å². The normalized spacial score (nSPS) is 9.94. The number of nitrogen functional groups attached to an aromatic ring is 1. The monoisotopic (exact) mass is 226 g/mol. The Kier molecular flexibility index (Phi) is 3.10. The van der Waals surface area contributed by atoms with Crippen LogP contribution in [-0.4, -0.2) is 13.0 Å². The van der Waals surface area contributed by atoms with Gasteiger partial charge in [0.1, 0.15) is 0 Å². The van der Waals surface area contributed by atoms with Crippen molar-refractivity contribution in [3.05, 3.63) is 54.1 Å². The zero-order valence-corrected chi connectivity index (χ0v) is 9.60. The molecule has 86 valence electrons. The number of benzene rings is 2. The van der Waals surface area contributed by atoms with Crippen LogP contribution in [-0.2, 0) is 0 Å². The minimum Gasteiger partial charge on any atom is -0.399 e. The molecule has 0 saturated heterocycles. The van der Waals surface area contributed by atoms with Crippen LogP contribution in [0, 0.1) is 0 Å². The smallest absolute Gasteiger partial charge is 0.251 e. The molecule has 0 saturated carbocycles. The number of rotatable bonds is 2. The highest BCUT2D eigenvalue weighted by Crippen LogP contribution is 2.25. The largest absolute Gasteiger partial charge is 0.399 e. The average molecular weight is 226 g/mol. The van der Waals surface area contributed by atoms with Crippen molar-refractivity contribution in [3.8, 4) is 11.1 Å². The minimum absolute atomic E-state index is 0.0944. The van der Waals surface area contributed by atoms with Crippen LogP contribution in [0.15, 0.2) is 48.5 Å². The molecule has 0 heterocycles. The van der Waals surface area contributed by atoms with E-state index >= 15 is 0 Å². The average Bonchev–Trinajstić information content (AvgIpc) is 2.38. The van der Waals surface area contributed by atoms with Crippen LogP contribution < -0.4 is 11.1 Å². The van der Waals surface area contributed by atoms with Gasteiger partial charge in [-0.15, -0.1) is 0 Å². The van der Waals surface area contributed by atoms with Crippen molar-refractivity contribution in [2.24, 2.45) is 0 Å². The lowest BCUT2D eigenvalue weighted by atomic mass is 9.99. The van der Waals surface area contributed by atoms with Gasteiger partial charge in [-0.2, -0.15) is 0 Å². The number of hydrogen-bond acceptors (Lipinski definition) is 2. The minimum atomic E-state index is -0.0944. The number of nitrogens with two attached hydrogens (primary N) is 1. The summed E-state index contributed by atoms with van der Waals surface area (Å²) in [5.74, 6) is -0.0944. The molecular weight excluding hydrogens is 212 g/mol. The molecule has 2 rings (SSSR count). The Balaban J connectivity index is 2.55. The first-order chi connectivity index (χ1) is 8.22. The Bertz CT molecular complexity index is 549. The van der Waals surface area contributed by atoms with E-state index in [1.54, 1.807) is 13.1 Å². The Morgan fingerprint density at radius 3 is 2.59 bits per heavy atom. The molecule has 0 aliphatic rings. The molecule has 3 nitrogen and oxygen atoms in total. The Labute approximate surface area is 100 Å².